The van der Waals surface area contributed by atoms with E-state index in [4.69, 9.17) is 9.84 Å². The van der Waals surface area contributed by atoms with Crippen molar-refractivity contribution in [2.75, 3.05) is 13.2 Å². The number of carbonyl (C=O) groups excluding carboxylic acids is 1. The number of carbonyl (C=O) groups is 1. The lowest BCUT2D eigenvalue weighted by molar-refractivity contribution is -0.121. The Morgan fingerprint density at radius 1 is 1.57 bits per heavy atom. The smallest absolute Gasteiger partial charge is 0.220 e. The van der Waals surface area contributed by atoms with Crippen LogP contribution in [-0.2, 0) is 9.53 Å². The van der Waals surface area contributed by atoms with Crippen LogP contribution >= 0.6 is 0 Å². The number of ether oxygens (including phenoxy) is 1. The average Bonchev–Trinajstić information content (AvgIpc) is 2.58. The highest BCUT2D eigenvalue weighted by atomic mass is 16.5. The molecule has 1 aliphatic heterocycles. The topological polar surface area (TPSA) is 58.6 Å². The molecule has 2 unspecified atom stereocenters. The van der Waals surface area contributed by atoms with Gasteiger partial charge in [0.05, 0.1) is 18.8 Å². The molecule has 2 atom stereocenters. The Bertz CT molecular complexity index is 184. The van der Waals surface area contributed by atoms with Crippen LogP contribution in [0.1, 0.15) is 32.6 Å². The van der Waals surface area contributed by atoms with Gasteiger partial charge < -0.3 is 15.2 Å². The van der Waals surface area contributed by atoms with Crippen molar-refractivity contribution >= 4 is 5.91 Å². The molecule has 0 spiro atoms. The highest BCUT2D eigenvalue weighted by Crippen LogP contribution is 2.22. The zero-order valence-corrected chi connectivity index (χ0v) is 8.66. The number of hydrogen-bond donors (Lipinski definition) is 2. The van der Waals surface area contributed by atoms with Crippen LogP contribution in [0.3, 0.4) is 0 Å². The van der Waals surface area contributed by atoms with Gasteiger partial charge in [-0.3, -0.25) is 4.79 Å². The standard InChI is InChI=1S/C10H19NO3/c1-8-2-3-9(14-8)4-5-10(13)11-6-7-12/h8-9,12H,2-7H2,1H3,(H,11,13). The lowest BCUT2D eigenvalue weighted by Crippen LogP contribution is -2.27. The molecular formula is C10H19NO3. The third-order valence-electron chi connectivity index (χ3n) is 2.45. The summed E-state index contributed by atoms with van der Waals surface area (Å²) in [7, 11) is 0. The Morgan fingerprint density at radius 2 is 2.36 bits per heavy atom. The van der Waals surface area contributed by atoms with Gasteiger partial charge >= 0.3 is 0 Å². The van der Waals surface area contributed by atoms with E-state index in [0.29, 0.717) is 19.1 Å². The number of amides is 1. The van der Waals surface area contributed by atoms with Gasteiger partial charge in [0.1, 0.15) is 0 Å². The second-order valence-electron chi connectivity index (χ2n) is 3.76. The molecule has 0 aliphatic carbocycles. The van der Waals surface area contributed by atoms with Crippen molar-refractivity contribution in [3.63, 3.8) is 0 Å². The maximum atomic E-state index is 11.2. The summed E-state index contributed by atoms with van der Waals surface area (Å²) >= 11 is 0. The van der Waals surface area contributed by atoms with E-state index in [1.165, 1.54) is 0 Å². The monoisotopic (exact) mass is 201 g/mol. The van der Waals surface area contributed by atoms with Crippen LogP contribution in [0.25, 0.3) is 0 Å². The van der Waals surface area contributed by atoms with Gasteiger partial charge in [0.2, 0.25) is 5.91 Å². The number of aliphatic hydroxyl groups excluding tert-OH is 1. The highest BCUT2D eigenvalue weighted by Gasteiger charge is 2.21. The lowest BCUT2D eigenvalue weighted by atomic mass is 10.1. The van der Waals surface area contributed by atoms with Gasteiger partial charge in [0.25, 0.3) is 0 Å². The first kappa shape index (κ1) is 11.5. The van der Waals surface area contributed by atoms with Crippen LogP contribution in [0.5, 0.6) is 0 Å². The predicted octanol–water partition coefficient (Wildman–Crippen LogP) is 0.443. The SMILES string of the molecule is CC1CCC(CCC(=O)NCCO)O1. The van der Waals surface area contributed by atoms with Crippen molar-refractivity contribution in [2.24, 2.45) is 0 Å². The Morgan fingerprint density at radius 3 is 2.93 bits per heavy atom. The van der Waals surface area contributed by atoms with Gasteiger partial charge in [-0.15, -0.1) is 0 Å². The normalized spacial score (nSPS) is 26.4. The Balaban J connectivity index is 2.05. The molecule has 1 saturated heterocycles. The summed E-state index contributed by atoms with van der Waals surface area (Å²) in [4.78, 5) is 11.2. The summed E-state index contributed by atoms with van der Waals surface area (Å²) in [6.07, 6.45) is 4.06. The first-order valence-corrected chi connectivity index (χ1v) is 5.25. The fourth-order valence-electron chi connectivity index (χ4n) is 1.67. The van der Waals surface area contributed by atoms with E-state index in [0.717, 1.165) is 19.3 Å². The molecule has 4 heteroatoms. The molecule has 1 amide bonds. The van der Waals surface area contributed by atoms with Gasteiger partial charge in [-0.1, -0.05) is 0 Å². The molecule has 1 rings (SSSR count). The molecular weight excluding hydrogens is 182 g/mol. The van der Waals surface area contributed by atoms with Crippen LogP contribution in [0.4, 0.5) is 0 Å². The van der Waals surface area contributed by atoms with Gasteiger partial charge in [0.15, 0.2) is 0 Å². The predicted molar refractivity (Wildman–Crippen MR) is 52.9 cm³/mol. The van der Waals surface area contributed by atoms with Crippen molar-refractivity contribution in [3.05, 3.63) is 0 Å². The summed E-state index contributed by atoms with van der Waals surface area (Å²) < 4.78 is 5.59. The van der Waals surface area contributed by atoms with Crippen molar-refractivity contribution in [2.45, 2.75) is 44.8 Å². The number of rotatable bonds is 5. The zero-order valence-electron chi connectivity index (χ0n) is 8.66. The number of aliphatic hydroxyl groups is 1. The lowest BCUT2D eigenvalue weighted by Gasteiger charge is -2.10. The summed E-state index contributed by atoms with van der Waals surface area (Å²) in [6, 6.07) is 0. The molecule has 1 heterocycles. The molecule has 14 heavy (non-hydrogen) atoms. The van der Waals surface area contributed by atoms with Crippen LogP contribution in [0.15, 0.2) is 0 Å². The Kier molecular flexibility index (Phi) is 4.90. The van der Waals surface area contributed by atoms with E-state index in [2.05, 4.69) is 12.2 Å². The highest BCUT2D eigenvalue weighted by molar-refractivity contribution is 5.75. The molecule has 4 nitrogen and oxygen atoms in total. The molecule has 2 N–H and O–H groups in total. The maximum absolute atomic E-state index is 11.2. The van der Waals surface area contributed by atoms with Crippen molar-refractivity contribution in [1.29, 1.82) is 0 Å². The number of nitrogens with one attached hydrogen (secondary N) is 1. The number of hydrogen-bond acceptors (Lipinski definition) is 3. The molecule has 1 aliphatic rings. The van der Waals surface area contributed by atoms with Crippen LogP contribution in [-0.4, -0.2) is 36.4 Å². The Labute approximate surface area is 84.6 Å². The molecule has 0 saturated carbocycles. The molecule has 82 valence electrons. The Hall–Kier alpha value is -0.610. The zero-order chi connectivity index (χ0) is 10.4. The fraction of sp³-hybridized carbons (Fsp3) is 0.900. The summed E-state index contributed by atoms with van der Waals surface area (Å²) in [5.41, 5.74) is 0. The first-order chi connectivity index (χ1) is 6.72. The minimum atomic E-state index is 0.00204. The van der Waals surface area contributed by atoms with E-state index in [1.54, 1.807) is 0 Å². The summed E-state index contributed by atoms with van der Waals surface area (Å²) in [5.74, 6) is 0.00204. The van der Waals surface area contributed by atoms with E-state index < -0.39 is 0 Å². The first-order valence-electron chi connectivity index (χ1n) is 5.25. The summed E-state index contributed by atoms with van der Waals surface area (Å²) in [6.45, 7) is 2.41. The molecule has 0 aromatic rings. The largest absolute Gasteiger partial charge is 0.395 e. The van der Waals surface area contributed by atoms with Crippen molar-refractivity contribution < 1.29 is 14.6 Å². The quantitative estimate of drug-likeness (QED) is 0.678. The molecule has 0 bridgehead atoms. The van der Waals surface area contributed by atoms with E-state index in [9.17, 15) is 4.79 Å². The van der Waals surface area contributed by atoms with Gasteiger partial charge in [-0.05, 0) is 26.2 Å². The second-order valence-corrected chi connectivity index (χ2v) is 3.76. The minimum Gasteiger partial charge on any atom is -0.395 e. The summed E-state index contributed by atoms with van der Waals surface area (Å²) in [5, 5.41) is 11.1. The van der Waals surface area contributed by atoms with E-state index >= 15 is 0 Å². The van der Waals surface area contributed by atoms with Crippen LogP contribution in [0.2, 0.25) is 0 Å². The molecule has 0 radical (unpaired) electrons. The molecule has 0 aromatic heterocycles. The van der Waals surface area contributed by atoms with Crippen LogP contribution in [0, 0.1) is 0 Å². The van der Waals surface area contributed by atoms with Gasteiger partial charge in [-0.2, -0.15) is 0 Å². The van der Waals surface area contributed by atoms with Crippen molar-refractivity contribution in [1.82, 2.24) is 5.32 Å². The third kappa shape index (κ3) is 4.07. The molecule has 0 aromatic carbocycles. The van der Waals surface area contributed by atoms with Gasteiger partial charge in [-0.25, -0.2) is 0 Å². The average molecular weight is 201 g/mol. The minimum absolute atomic E-state index is 0.00204. The maximum Gasteiger partial charge on any atom is 0.220 e. The second kappa shape index (κ2) is 5.98. The fourth-order valence-corrected chi connectivity index (χ4v) is 1.67. The third-order valence-corrected chi connectivity index (χ3v) is 2.45. The van der Waals surface area contributed by atoms with E-state index in [1.807, 2.05) is 0 Å². The molecule has 1 fully saturated rings. The van der Waals surface area contributed by atoms with Crippen LogP contribution < -0.4 is 5.32 Å². The van der Waals surface area contributed by atoms with E-state index in [-0.39, 0.29) is 18.6 Å². The van der Waals surface area contributed by atoms with Crippen molar-refractivity contribution in [3.8, 4) is 0 Å². The van der Waals surface area contributed by atoms with Gasteiger partial charge in [0, 0.05) is 13.0 Å².